The Bertz CT molecular complexity index is 666. The summed E-state index contributed by atoms with van der Waals surface area (Å²) >= 11 is 0. The topological polar surface area (TPSA) is 65.7 Å². The SMILES string of the molecule is CC(O)C1CCCN(C(=O)NCc2ccc(-c3ccccc3)o2)C1. The van der Waals surface area contributed by atoms with Gasteiger partial charge in [-0.25, -0.2) is 4.79 Å². The molecule has 0 spiro atoms. The summed E-state index contributed by atoms with van der Waals surface area (Å²) in [5, 5.41) is 12.6. The number of carbonyl (C=O) groups is 1. The highest BCUT2D eigenvalue weighted by Gasteiger charge is 2.26. The van der Waals surface area contributed by atoms with Crippen LogP contribution in [0.4, 0.5) is 4.79 Å². The van der Waals surface area contributed by atoms with Crippen LogP contribution in [0.25, 0.3) is 11.3 Å². The van der Waals surface area contributed by atoms with Gasteiger partial charge in [-0.3, -0.25) is 0 Å². The standard InChI is InChI=1S/C19H24N2O3/c1-14(22)16-8-5-11-21(13-16)19(23)20-12-17-9-10-18(24-17)15-6-3-2-4-7-15/h2-4,6-7,9-10,14,16,22H,5,8,11-13H2,1H3,(H,20,23). The number of aliphatic hydroxyl groups is 1. The van der Waals surface area contributed by atoms with Gasteiger partial charge in [-0.05, 0) is 31.9 Å². The molecule has 2 atom stereocenters. The van der Waals surface area contributed by atoms with Crippen LogP contribution in [0.1, 0.15) is 25.5 Å². The van der Waals surface area contributed by atoms with Crippen LogP contribution in [-0.4, -0.2) is 35.2 Å². The van der Waals surface area contributed by atoms with E-state index >= 15 is 0 Å². The smallest absolute Gasteiger partial charge is 0.317 e. The Morgan fingerprint density at radius 3 is 2.88 bits per heavy atom. The maximum Gasteiger partial charge on any atom is 0.317 e. The number of aliphatic hydroxyl groups excluding tert-OH is 1. The van der Waals surface area contributed by atoms with Crippen LogP contribution in [0, 0.1) is 5.92 Å². The van der Waals surface area contributed by atoms with E-state index in [4.69, 9.17) is 4.42 Å². The molecule has 0 saturated carbocycles. The van der Waals surface area contributed by atoms with Gasteiger partial charge >= 0.3 is 6.03 Å². The summed E-state index contributed by atoms with van der Waals surface area (Å²) in [6.07, 6.45) is 1.53. The third kappa shape index (κ3) is 3.97. The molecule has 1 fully saturated rings. The van der Waals surface area contributed by atoms with Crippen LogP contribution >= 0.6 is 0 Å². The van der Waals surface area contributed by atoms with Gasteiger partial charge in [0, 0.05) is 24.6 Å². The summed E-state index contributed by atoms with van der Waals surface area (Å²) in [5.41, 5.74) is 1.02. The van der Waals surface area contributed by atoms with E-state index in [0.29, 0.717) is 13.1 Å². The summed E-state index contributed by atoms with van der Waals surface area (Å²) in [6.45, 7) is 3.50. The van der Waals surface area contributed by atoms with Crippen LogP contribution in [-0.2, 0) is 6.54 Å². The number of hydrogen-bond acceptors (Lipinski definition) is 3. The van der Waals surface area contributed by atoms with Crippen molar-refractivity contribution >= 4 is 6.03 Å². The number of furan rings is 1. The van der Waals surface area contributed by atoms with Crippen LogP contribution in [0.5, 0.6) is 0 Å². The minimum absolute atomic E-state index is 0.0991. The van der Waals surface area contributed by atoms with Crippen molar-refractivity contribution in [3.63, 3.8) is 0 Å². The first kappa shape index (κ1) is 16.6. The minimum Gasteiger partial charge on any atom is -0.459 e. The van der Waals surface area contributed by atoms with Gasteiger partial charge in [0.1, 0.15) is 11.5 Å². The molecule has 1 saturated heterocycles. The van der Waals surface area contributed by atoms with Crippen molar-refractivity contribution in [1.29, 1.82) is 0 Å². The second-order valence-corrected chi connectivity index (χ2v) is 6.38. The van der Waals surface area contributed by atoms with Crippen molar-refractivity contribution in [2.45, 2.75) is 32.4 Å². The highest BCUT2D eigenvalue weighted by Crippen LogP contribution is 2.22. The first-order valence-corrected chi connectivity index (χ1v) is 8.48. The first-order chi connectivity index (χ1) is 11.6. The second kappa shape index (κ2) is 7.53. The lowest BCUT2D eigenvalue weighted by molar-refractivity contribution is 0.0737. The molecule has 1 aromatic heterocycles. The second-order valence-electron chi connectivity index (χ2n) is 6.38. The molecular weight excluding hydrogens is 304 g/mol. The molecule has 24 heavy (non-hydrogen) atoms. The van der Waals surface area contributed by atoms with E-state index in [2.05, 4.69) is 5.32 Å². The Kier molecular flexibility index (Phi) is 5.20. The molecule has 2 heterocycles. The molecule has 0 radical (unpaired) electrons. The lowest BCUT2D eigenvalue weighted by Gasteiger charge is -2.34. The molecule has 3 rings (SSSR count). The molecule has 2 amide bonds. The predicted molar refractivity (Wildman–Crippen MR) is 92.4 cm³/mol. The lowest BCUT2D eigenvalue weighted by Crippen LogP contribution is -2.47. The van der Waals surface area contributed by atoms with Gasteiger partial charge in [-0.1, -0.05) is 30.3 Å². The Morgan fingerprint density at radius 1 is 1.33 bits per heavy atom. The molecule has 1 aliphatic heterocycles. The van der Waals surface area contributed by atoms with Crippen molar-refractivity contribution in [2.75, 3.05) is 13.1 Å². The zero-order valence-corrected chi connectivity index (χ0v) is 13.9. The van der Waals surface area contributed by atoms with Crippen LogP contribution in [0.2, 0.25) is 0 Å². The Labute approximate surface area is 142 Å². The number of urea groups is 1. The van der Waals surface area contributed by atoms with Gasteiger partial charge in [0.25, 0.3) is 0 Å². The molecule has 2 unspecified atom stereocenters. The fraction of sp³-hybridized carbons (Fsp3) is 0.421. The number of likely N-dealkylation sites (tertiary alicyclic amines) is 1. The Morgan fingerprint density at radius 2 is 2.12 bits per heavy atom. The Balaban J connectivity index is 1.54. The molecule has 0 bridgehead atoms. The number of piperidine rings is 1. The van der Waals surface area contributed by atoms with Crippen LogP contribution in [0.3, 0.4) is 0 Å². The van der Waals surface area contributed by atoms with E-state index in [-0.39, 0.29) is 18.1 Å². The van der Waals surface area contributed by atoms with Gasteiger partial charge in [-0.2, -0.15) is 0 Å². The third-order valence-electron chi connectivity index (χ3n) is 4.56. The number of carbonyl (C=O) groups excluding carboxylic acids is 1. The van der Waals surface area contributed by atoms with E-state index in [1.54, 1.807) is 11.8 Å². The number of hydrogen-bond donors (Lipinski definition) is 2. The first-order valence-electron chi connectivity index (χ1n) is 8.48. The van der Waals surface area contributed by atoms with Crippen LogP contribution in [0.15, 0.2) is 46.9 Å². The number of nitrogens with zero attached hydrogens (tertiary/aromatic N) is 1. The molecular formula is C19H24N2O3. The van der Waals surface area contributed by atoms with Crippen molar-refractivity contribution < 1.29 is 14.3 Å². The molecule has 1 aromatic carbocycles. The maximum atomic E-state index is 12.3. The average Bonchev–Trinajstić information content (AvgIpc) is 3.09. The van der Waals surface area contributed by atoms with E-state index in [1.807, 2.05) is 42.5 Å². The zero-order chi connectivity index (χ0) is 16.9. The highest BCUT2D eigenvalue weighted by molar-refractivity contribution is 5.74. The molecule has 2 N–H and O–H groups in total. The van der Waals surface area contributed by atoms with Gasteiger partial charge in [-0.15, -0.1) is 0 Å². The Hall–Kier alpha value is -2.27. The number of nitrogens with one attached hydrogen (secondary N) is 1. The number of amides is 2. The fourth-order valence-electron chi connectivity index (χ4n) is 3.09. The van der Waals surface area contributed by atoms with Gasteiger partial charge in [0.2, 0.25) is 0 Å². The monoisotopic (exact) mass is 328 g/mol. The maximum absolute atomic E-state index is 12.3. The summed E-state index contributed by atoms with van der Waals surface area (Å²) in [5.74, 6) is 1.69. The molecule has 128 valence electrons. The summed E-state index contributed by atoms with van der Waals surface area (Å²) < 4.78 is 5.79. The molecule has 0 aliphatic carbocycles. The number of rotatable bonds is 4. The van der Waals surface area contributed by atoms with Crippen molar-refractivity contribution in [2.24, 2.45) is 5.92 Å². The van der Waals surface area contributed by atoms with Crippen molar-refractivity contribution in [1.82, 2.24) is 10.2 Å². The van der Waals surface area contributed by atoms with E-state index in [1.165, 1.54) is 0 Å². The zero-order valence-electron chi connectivity index (χ0n) is 13.9. The fourth-order valence-corrected chi connectivity index (χ4v) is 3.09. The summed E-state index contributed by atoms with van der Waals surface area (Å²) in [4.78, 5) is 14.1. The molecule has 5 heteroatoms. The minimum atomic E-state index is -0.376. The van der Waals surface area contributed by atoms with Gasteiger partial charge in [0.05, 0.1) is 12.6 Å². The summed E-state index contributed by atoms with van der Waals surface area (Å²) in [7, 11) is 0. The molecule has 5 nitrogen and oxygen atoms in total. The van der Waals surface area contributed by atoms with E-state index in [0.717, 1.165) is 36.5 Å². The predicted octanol–water partition coefficient (Wildman–Crippen LogP) is 3.25. The van der Waals surface area contributed by atoms with Gasteiger partial charge in [0.15, 0.2) is 0 Å². The third-order valence-corrected chi connectivity index (χ3v) is 4.56. The quantitative estimate of drug-likeness (QED) is 0.905. The van der Waals surface area contributed by atoms with Crippen LogP contribution < -0.4 is 5.32 Å². The average molecular weight is 328 g/mol. The van der Waals surface area contributed by atoms with Gasteiger partial charge < -0.3 is 19.7 Å². The lowest BCUT2D eigenvalue weighted by atomic mass is 9.94. The summed E-state index contributed by atoms with van der Waals surface area (Å²) in [6, 6.07) is 13.6. The normalized spacial score (nSPS) is 19.1. The van der Waals surface area contributed by atoms with Crippen molar-refractivity contribution in [3.05, 3.63) is 48.2 Å². The number of benzene rings is 1. The molecule has 1 aliphatic rings. The van der Waals surface area contributed by atoms with E-state index < -0.39 is 0 Å². The van der Waals surface area contributed by atoms with Crippen molar-refractivity contribution in [3.8, 4) is 11.3 Å². The van der Waals surface area contributed by atoms with E-state index in [9.17, 15) is 9.90 Å². The largest absolute Gasteiger partial charge is 0.459 e. The highest BCUT2D eigenvalue weighted by atomic mass is 16.3. The molecule has 2 aromatic rings.